The van der Waals surface area contributed by atoms with Gasteiger partial charge in [-0.3, -0.25) is 0 Å². The lowest BCUT2D eigenvalue weighted by Gasteiger charge is -2.41. The monoisotopic (exact) mass is 351 g/mol. The van der Waals surface area contributed by atoms with Crippen LogP contribution in [0.1, 0.15) is 50.8 Å². The number of piperidine rings is 1. The highest BCUT2D eigenvalue weighted by atomic mass is 19.1. The largest absolute Gasteiger partial charge is 0.494 e. The van der Waals surface area contributed by atoms with Gasteiger partial charge in [0, 0.05) is 18.5 Å². The van der Waals surface area contributed by atoms with Crippen molar-refractivity contribution in [2.45, 2.75) is 51.7 Å². The summed E-state index contributed by atoms with van der Waals surface area (Å²) in [4.78, 5) is 13.9. The molecule has 3 rings (SSSR count). The van der Waals surface area contributed by atoms with Gasteiger partial charge in [0.2, 0.25) is 0 Å². The molecule has 1 unspecified atom stereocenters. The number of amides is 1. The normalized spacial score (nSPS) is 22.0. The maximum Gasteiger partial charge on any atom is 0.410 e. The van der Waals surface area contributed by atoms with E-state index in [0.29, 0.717) is 37.9 Å². The van der Waals surface area contributed by atoms with E-state index in [1.807, 2.05) is 20.8 Å². The minimum atomic E-state index is -0.719. The van der Waals surface area contributed by atoms with Crippen LogP contribution in [0.2, 0.25) is 0 Å². The van der Waals surface area contributed by atoms with Gasteiger partial charge in [-0.25, -0.2) is 9.18 Å². The van der Waals surface area contributed by atoms with E-state index in [-0.39, 0.29) is 17.3 Å². The van der Waals surface area contributed by atoms with Crippen LogP contribution in [0.15, 0.2) is 12.1 Å². The Kier molecular flexibility index (Phi) is 4.43. The summed E-state index contributed by atoms with van der Waals surface area (Å²) >= 11 is 0. The minimum Gasteiger partial charge on any atom is -0.494 e. The SMILES string of the molecule is COc1cc2c(cc1F)C(O)C1(CCN(C(=O)OC(C)(C)C)CC1)C2. The molecule has 6 heteroatoms. The fraction of sp³-hybridized carbons (Fsp3) is 0.632. The van der Waals surface area contributed by atoms with Gasteiger partial charge in [-0.05, 0) is 63.3 Å². The maximum atomic E-state index is 14.0. The van der Waals surface area contributed by atoms with Crippen molar-refractivity contribution in [2.75, 3.05) is 20.2 Å². The molecule has 25 heavy (non-hydrogen) atoms. The molecule has 1 saturated heterocycles. The van der Waals surface area contributed by atoms with Crippen molar-refractivity contribution in [3.05, 3.63) is 29.1 Å². The van der Waals surface area contributed by atoms with Gasteiger partial charge in [-0.15, -0.1) is 0 Å². The van der Waals surface area contributed by atoms with Crippen LogP contribution in [0.25, 0.3) is 0 Å². The summed E-state index contributed by atoms with van der Waals surface area (Å²) in [6, 6.07) is 3.07. The number of nitrogens with zero attached hydrogens (tertiary/aromatic N) is 1. The molecule has 1 aliphatic carbocycles. The number of benzene rings is 1. The number of halogens is 1. The highest BCUT2D eigenvalue weighted by Gasteiger charge is 2.48. The lowest BCUT2D eigenvalue weighted by Crippen LogP contribution is -2.46. The van der Waals surface area contributed by atoms with Crippen LogP contribution in [-0.4, -0.2) is 41.9 Å². The van der Waals surface area contributed by atoms with Gasteiger partial charge < -0.3 is 19.5 Å². The minimum absolute atomic E-state index is 0.203. The van der Waals surface area contributed by atoms with Crippen LogP contribution < -0.4 is 4.74 Å². The van der Waals surface area contributed by atoms with E-state index in [1.54, 1.807) is 11.0 Å². The van der Waals surface area contributed by atoms with Crippen LogP contribution in [0.3, 0.4) is 0 Å². The number of aliphatic hydroxyl groups excluding tert-OH is 1. The third-order valence-corrected chi connectivity index (χ3v) is 5.24. The first-order valence-corrected chi connectivity index (χ1v) is 8.67. The Morgan fingerprint density at radius 3 is 2.52 bits per heavy atom. The quantitative estimate of drug-likeness (QED) is 0.842. The zero-order valence-corrected chi connectivity index (χ0v) is 15.3. The van der Waals surface area contributed by atoms with Crippen molar-refractivity contribution in [1.82, 2.24) is 4.90 Å². The number of aliphatic hydroxyl groups is 1. The van der Waals surface area contributed by atoms with Crippen molar-refractivity contribution in [3.8, 4) is 5.75 Å². The van der Waals surface area contributed by atoms with Crippen molar-refractivity contribution in [2.24, 2.45) is 5.41 Å². The number of carbonyl (C=O) groups excluding carboxylic acids is 1. The Balaban J connectivity index is 1.73. The Labute approximate surface area is 147 Å². The summed E-state index contributed by atoms with van der Waals surface area (Å²) in [5, 5.41) is 10.8. The Morgan fingerprint density at radius 1 is 1.32 bits per heavy atom. The number of hydrogen-bond acceptors (Lipinski definition) is 4. The fourth-order valence-corrected chi connectivity index (χ4v) is 3.89. The predicted octanol–water partition coefficient (Wildman–Crippen LogP) is 3.44. The zero-order valence-electron chi connectivity index (χ0n) is 15.3. The van der Waals surface area contributed by atoms with Crippen LogP contribution in [0.4, 0.5) is 9.18 Å². The van der Waals surface area contributed by atoms with Crippen molar-refractivity contribution in [3.63, 3.8) is 0 Å². The molecule has 1 atom stereocenters. The zero-order chi connectivity index (χ0) is 18.4. The Hall–Kier alpha value is -1.82. The predicted molar refractivity (Wildman–Crippen MR) is 91.1 cm³/mol. The smallest absolute Gasteiger partial charge is 0.410 e. The highest BCUT2D eigenvalue weighted by Crippen LogP contribution is 2.52. The van der Waals surface area contributed by atoms with Crippen LogP contribution in [0, 0.1) is 11.2 Å². The molecule has 0 radical (unpaired) electrons. The number of rotatable bonds is 1. The molecule has 1 fully saturated rings. The molecule has 1 aromatic rings. The lowest BCUT2D eigenvalue weighted by molar-refractivity contribution is -0.0255. The van der Waals surface area contributed by atoms with Gasteiger partial charge in [0.05, 0.1) is 13.2 Å². The molecule has 1 aliphatic heterocycles. The van der Waals surface area contributed by atoms with Crippen LogP contribution in [0.5, 0.6) is 5.75 Å². The number of fused-ring (bicyclic) bond motifs is 1. The Morgan fingerprint density at radius 2 is 1.96 bits per heavy atom. The van der Waals surface area contributed by atoms with E-state index >= 15 is 0 Å². The molecule has 1 amide bonds. The van der Waals surface area contributed by atoms with E-state index in [9.17, 15) is 14.3 Å². The van der Waals surface area contributed by atoms with Crippen LogP contribution >= 0.6 is 0 Å². The van der Waals surface area contributed by atoms with E-state index in [1.165, 1.54) is 13.2 Å². The van der Waals surface area contributed by atoms with Crippen LogP contribution in [-0.2, 0) is 11.2 Å². The second-order valence-electron chi connectivity index (χ2n) is 8.09. The second kappa shape index (κ2) is 6.16. The van der Waals surface area contributed by atoms with E-state index in [4.69, 9.17) is 9.47 Å². The van der Waals surface area contributed by atoms with Crippen molar-refractivity contribution < 1.29 is 23.8 Å². The molecule has 1 heterocycles. The maximum absolute atomic E-state index is 14.0. The third-order valence-electron chi connectivity index (χ3n) is 5.24. The highest BCUT2D eigenvalue weighted by molar-refractivity contribution is 5.68. The molecular formula is C19H26FNO4. The van der Waals surface area contributed by atoms with Gasteiger partial charge in [-0.2, -0.15) is 0 Å². The molecule has 1 aromatic carbocycles. The summed E-state index contributed by atoms with van der Waals surface area (Å²) in [5.41, 5.74) is 0.698. The molecule has 1 N–H and O–H groups in total. The number of hydrogen-bond donors (Lipinski definition) is 1. The van der Waals surface area contributed by atoms with Gasteiger partial charge >= 0.3 is 6.09 Å². The summed E-state index contributed by atoms with van der Waals surface area (Å²) in [7, 11) is 1.44. The average Bonchev–Trinajstić information content (AvgIpc) is 2.78. The summed E-state index contributed by atoms with van der Waals surface area (Å²) in [5.74, 6) is -0.252. The molecule has 138 valence electrons. The fourth-order valence-electron chi connectivity index (χ4n) is 3.89. The molecule has 0 bridgehead atoms. The molecule has 1 spiro atoms. The second-order valence-corrected chi connectivity index (χ2v) is 8.09. The molecule has 2 aliphatic rings. The van der Waals surface area contributed by atoms with Crippen molar-refractivity contribution >= 4 is 6.09 Å². The third kappa shape index (κ3) is 3.32. The lowest BCUT2D eigenvalue weighted by atomic mass is 9.74. The first-order chi connectivity index (χ1) is 11.6. The van der Waals surface area contributed by atoms with Gasteiger partial charge in [0.1, 0.15) is 5.60 Å². The number of ether oxygens (including phenoxy) is 2. The molecule has 5 nitrogen and oxygen atoms in total. The average molecular weight is 351 g/mol. The number of carbonyl (C=O) groups is 1. The number of likely N-dealkylation sites (tertiary alicyclic amines) is 1. The molecule has 0 saturated carbocycles. The molecule has 0 aromatic heterocycles. The van der Waals surface area contributed by atoms with Gasteiger partial charge in [-0.1, -0.05) is 0 Å². The van der Waals surface area contributed by atoms with Gasteiger partial charge in [0.25, 0.3) is 0 Å². The summed E-state index contributed by atoms with van der Waals surface area (Å²) in [6.07, 6.45) is 0.948. The summed E-state index contributed by atoms with van der Waals surface area (Å²) < 4.78 is 24.5. The first kappa shape index (κ1) is 18.0. The van der Waals surface area contributed by atoms with E-state index in [2.05, 4.69) is 0 Å². The standard InChI is InChI=1S/C19H26FNO4/c1-18(2,3)25-17(23)21-7-5-19(6-8-21)11-12-9-15(24-4)14(20)10-13(12)16(19)22/h9-10,16,22H,5-8,11H2,1-4H3. The summed E-state index contributed by atoms with van der Waals surface area (Å²) in [6.45, 7) is 6.58. The topological polar surface area (TPSA) is 59.0 Å². The Bertz CT molecular complexity index is 675. The van der Waals surface area contributed by atoms with Crippen molar-refractivity contribution in [1.29, 1.82) is 0 Å². The molecular weight excluding hydrogens is 325 g/mol. The first-order valence-electron chi connectivity index (χ1n) is 8.67. The van der Waals surface area contributed by atoms with E-state index < -0.39 is 17.5 Å². The van der Waals surface area contributed by atoms with Gasteiger partial charge in [0.15, 0.2) is 11.6 Å². The van der Waals surface area contributed by atoms with E-state index in [0.717, 1.165) is 5.56 Å². The number of methoxy groups -OCH3 is 1.